The van der Waals surface area contributed by atoms with E-state index in [1.54, 1.807) is 0 Å². The Balaban J connectivity index is 2.46. The molecule has 0 heterocycles. The molecule has 0 saturated heterocycles. The van der Waals surface area contributed by atoms with Gasteiger partial charge < -0.3 is 5.73 Å². The van der Waals surface area contributed by atoms with Crippen LogP contribution in [-0.2, 0) is 0 Å². The molecule has 1 aliphatic carbocycles. The van der Waals surface area contributed by atoms with Crippen LogP contribution in [0.15, 0.2) is 0 Å². The van der Waals surface area contributed by atoms with Gasteiger partial charge in [0.1, 0.15) is 5.67 Å². The molecule has 2 heteroatoms. The predicted octanol–water partition coefficient (Wildman–Crippen LogP) is 3.28. The molecule has 0 amide bonds. The number of nitrogens with two attached hydrogens (primary N) is 1. The fourth-order valence-corrected chi connectivity index (χ4v) is 2.43. The highest BCUT2D eigenvalue weighted by Crippen LogP contribution is 2.35. The second kappa shape index (κ2) is 5.11. The van der Waals surface area contributed by atoms with Crippen LogP contribution in [0.4, 0.5) is 4.39 Å². The van der Waals surface area contributed by atoms with Gasteiger partial charge in [-0.3, -0.25) is 0 Å². The van der Waals surface area contributed by atoms with Crippen LogP contribution in [0, 0.1) is 11.8 Å². The molecule has 14 heavy (non-hydrogen) atoms. The van der Waals surface area contributed by atoms with Crippen molar-refractivity contribution >= 4 is 0 Å². The van der Waals surface area contributed by atoms with Crippen molar-refractivity contribution in [3.8, 4) is 0 Å². The summed E-state index contributed by atoms with van der Waals surface area (Å²) < 4.78 is 14.3. The lowest BCUT2D eigenvalue weighted by Gasteiger charge is -2.33. The molecule has 0 aliphatic heterocycles. The number of alkyl halides is 1. The molecule has 1 aliphatic rings. The van der Waals surface area contributed by atoms with Crippen LogP contribution in [0.25, 0.3) is 0 Å². The summed E-state index contributed by atoms with van der Waals surface area (Å²) in [7, 11) is 0. The minimum absolute atomic E-state index is 0.0504. The average molecular weight is 201 g/mol. The molecule has 1 saturated carbocycles. The van der Waals surface area contributed by atoms with E-state index in [2.05, 4.69) is 0 Å². The Morgan fingerprint density at radius 2 is 1.86 bits per heavy atom. The van der Waals surface area contributed by atoms with Crippen molar-refractivity contribution < 1.29 is 4.39 Å². The Morgan fingerprint density at radius 1 is 1.29 bits per heavy atom. The second-order valence-corrected chi connectivity index (χ2v) is 5.10. The highest BCUT2D eigenvalue weighted by Gasteiger charge is 2.35. The first-order chi connectivity index (χ1) is 6.58. The highest BCUT2D eigenvalue weighted by molar-refractivity contribution is 4.87. The highest BCUT2D eigenvalue weighted by atomic mass is 19.1. The first-order valence-corrected chi connectivity index (χ1v) is 5.97. The minimum Gasteiger partial charge on any atom is -0.328 e. The van der Waals surface area contributed by atoms with Crippen molar-refractivity contribution in [1.82, 2.24) is 0 Å². The van der Waals surface area contributed by atoms with Gasteiger partial charge in [0, 0.05) is 6.54 Å². The third-order valence-corrected chi connectivity index (χ3v) is 3.73. The van der Waals surface area contributed by atoms with E-state index >= 15 is 0 Å². The molecular formula is C12H24FN. The van der Waals surface area contributed by atoms with Crippen molar-refractivity contribution in [2.24, 2.45) is 17.6 Å². The molecule has 1 atom stereocenters. The van der Waals surface area contributed by atoms with Crippen LogP contribution in [0.5, 0.6) is 0 Å². The summed E-state index contributed by atoms with van der Waals surface area (Å²) in [6, 6.07) is 0. The van der Waals surface area contributed by atoms with E-state index in [1.807, 2.05) is 13.8 Å². The molecule has 0 bridgehead atoms. The Bertz CT molecular complexity index is 164. The second-order valence-electron chi connectivity index (χ2n) is 5.10. The maximum absolute atomic E-state index is 14.3. The van der Waals surface area contributed by atoms with Crippen LogP contribution in [-0.4, -0.2) is 12.2 Å². The maximum atomic E-state index is 14.3. The number of rotatable bonds is 4. The molecule has 1 nitrogen and oxygen atoms in total. The van der Waals surface area contributed by atoms with Crippen molar-refractivity contribution in [3.05, 3.63) is 0 Å². The van der Waals surface area contributed by atoms with Crippen molar-refractivity contribution in [3.63, 3.8) is 0 Å². The van der Waals surface area contributed by atoms with E-state index in [0.717, 1.165) is 0 Å². The van der Waals surface area contributed by atoms with Crippen LogP contribution < -0.4 is 5.73 Å². The minimum atomic E-state index is -1.12. The molecule has 2 N–H and O–H groups in total. The molecule has 1 rings (SSSR count). The standard InChI is InChI=1S/C12H24FN/c1-10(2)12(13,9-14)8-11-6-4-3-5-7-11/h10-11H,3-9,14H2,1-2H3. The topological polar surface area (TPSA) is 26.0 Å². The number of hydrogen-bond acceptors (Lipinski definition) is 1. The summed E-state index contributed by atoms with van der Waals surface area (Å²) in [6.45, 7) is 4.06. The monoisotopic (exact) mass is 201 g/mol. The summed E-state index contributed by atoms with van der Waals surface area (Å²) in [5, 5.41) is 0. The number of halogens is 1. The van der Waals surface area contributed by atoms with E-state index in [0.29, 0.717) is 12.3 Å². The van der Waals surface area contributed by atoms with Crippen molar-refractivity contribution in [2.75, 3.05) is 6.54 Å². The van der Waals surface area contributed by atoms with Crippen LogP contribution >= 0.6 is 0 Å². The summed E-state index contributed by atoms with van der Waals surface area (Å²) >= 11 is 0. The molecule has 1 unspecified atom stereocenters. The third-order valence-electron chi connectivity index (χ3n) is 3.73. The Morgan fingerprint density at radius 3 is 2.29 bits per heavy atom. The van der Waals surface area contributed by atoms with Crippen LogP contribution in [0.1, 0.15) is 52.4 Å². The third kappa shape index (κ3) is 2.94. The van der Waals surface area contributed by atoms with E-state index < -0.39 is 5.67 Å². The zero-order valence-electron chi connectivity index (χ0n) is 9.56. The molecule has 0 aromatic rings. The first-order valence-electron chi connectivity index (χ1n) is 5.97. The van der Waals surface area contributed by atoms with Crippen molar-refractivity contribution in [1.29, 1.82) is 0 Å². The Labute approximate surface area is 87.3 Å². The summed E-state index contributed by atoms with van der Waals surface area (Å²) in [5.41, 5.74) is 4.43. The quantitative estimate of drug-likeness (QED) is 0.742. The van der Waals surface area contributed by atoms with Gasteiger partial charge in [0.05, 0.1) is 0 Å². The largest absolute Gasteiger partial charge is 0.328 e. The lowest BCUT2D eigenvalue weighted by molar-refractivity contribution is 0.0683. The van der Waals surface area contributed by atoms with Gasteiger partial charge in [-0.25, -0.2) is 4.39 Å². The van der Waals surface area contributed by atoms with Crippen LogP contribution in [0.3, 0.4) is 0 Å². The zero-order valence-corrected chi connectivity index (χ0v) is 9.56. The summed E-state index contributed by atoms with van der Waals surface area (Å²) in [5.74, 6) is 0.633. The maximum Gasteiger partial charge on any atom is 0.125 e. The number of hydrogen-bond donors (Lipinski definition) is 1. The van der Waals surface area contributed by atoms with Gasteiger partial charge in [0.15, 0.2) is 0 Å². The first kappa shape index (κ1) is 12.0. The molecule has 84 valence electrons. The van der Waals surface area contributed by atoms with Gasteiger partial charge in [-0.1, -0.05) is 46.0 Å². The van der Waals surface area contributed by atoms with Crippen LogP contribution in [0.2, 0.25) is 0 Å². The molecule has 0 aromatic heterocycles. The van der Waals surface area contributed by atoms with Gasteiger partial charge in [0.25, 0.3) is 0 Å². The molecule has 0 radical (unpaired) electrons. The van der Waals surface area contributed by atoms with Crippen molar-refractivity contribution in [2.45, 2.75) is 58.0 Å². The molecule has 0 aromatic carbocycles. The molecule has 0 spiro atoms. The van der Waals surface area contributed by atoms with Gasteiger partial charge in [0.2, 0.25) is 0 Å². The van der Waals surface area contributed by atoms with Gasteiger partial charge in [-0.05, 0) is 18.3 Å². The Kier molecular flexibility index (Phi) is 4.36. The molecule has 1 fully saturated rings. The lowest BCUT2D eigenvalue weighted by atomic mass is 9.77. The summed E-state index contributed by atoms with van der Waals surface area (Å²) in [6.07, 6.45) is 6.99. The lowest BCUT2D eigenvalue weighted by Crippen LogP contribution is -2.40. The fourth-order valence-electron chi connectivity index (χ4n) is 2.43. The smallest absolute Gasteiger partial charge is 0.125 e. The van der Waals surface area contributed by atoms with E-state index in [4.69, 9.17) is 5.73 Å². The normalized spacial score (nSPS) is 23.8. The Hall–Kier alpha value is -0.110. The average Bonchev–Trinajstić information content (AvgIpc) is 2.19. The van der Waals surface area contributed by atoms with Gasteiger partial charge >= 0.3 is 0 Å². The van der Waals surface area contributed by atoms with E-state index in [1.165, 1.54) is 32.1 Å². The molecular weight excluding hydrogens is 177 g/mol. The van der Waals surface area contributed by atoms with Gasteiger partial charge in [-0.15, -0.1) is 0 Å². The van der Waals surface area contributed by atoms with Gasteiger partial charge in [-0.2, -0.15) is 0 Å². The predicted molar refractivity (Wildman–Crippen MR) is 58.9 cm³/mol. The SMILES string of the molecule is CC(C)C(F)(CN)CC1CCCCC1. The van der Waals surface area contributed by atoms with E-state index in [9.17, 15) is 4.39 Å². The summed E-state index contributed by atoms with van der Waals surface area (Å²) in [4.78, 5) is 0. The van der Waals surface area contributed by atoms with E-state index in [-0.39, 0.29) is 12.5 Å². The fraction of sp³-hybridized carbons (Fsp3) is 1.00. The zero-order chi connectivity index (χ0) is 10.6.